The third-order valence-electron chi connectivity index (χ3n) is 2.31. The van der Waals surface area contributed by atoms with E-state index in [1.807, 2.05) is 0 Å². The molecule has 16 heavy (non-hydrogen) atoms. The molecule has 0 spiro atoms. The van der Waals surface area contributed by atoms with Gasteiger partial charge in [-0.15, -0.1) is 0 Å². The van der Waals surface area contributed by atoms with E-state index in [2.05, 4.69) is 20.9 Å². The minimum absolute atomic E-state index is 0.309. The molecular formula is C10H10BrFN4. The highest BCUT2D eigenvalue weighted by Gasteiger charge is 2.14. The number of nitrogens with two attached hydrogens (primary N) is 2. The second-order valence-corrected chi connectivity index (χ2v) is 4.24. The second-order valence-electron chi connectivity index (χ2n) is 3.39. The second kappa shape index (κ2) is 3.79. The Morgan fingerprint density at radius 3 is 2.69 bits per heavy atom. The van der Waals surface area contributed by atoms with Gasteiger partial charge in [0.05, 0.1) is 0 Å². The zero-order chi connectivity index (χ0) is 11.9. The standard InChI is InChI=1S/C10H10BrFN4/c1-5-15-9(10(13)16(5)14)7-4-6(12)2-3-8(7)11/h2-4H,13-14H2,1H3. The molecule has 0 unspecified atom stereocenters. The van der Waals surface area contributed by atoms with Gasteiger partial charge in [-0.05, 0) is 25.1 Å². The number of imidazole rings is 1. The highest BCUT2D eigenvalue weighted by Crippen LogP contribution is 2.31. The van der Waals surface area contributed by atoms with Gasteiger partial charge in [0.15, 0.2) is 5.82 Å². The summed E-state index contributed by atoms with van der Waals surface area (Å²) in [6.45, 7) is 1.73. The summed E-state index contributed by atoms with van der Waals surface area (Å²) in [5, 5.41) is 0. The summed E-state index contributed by atoms with van der Waals surface area (Å²) < 4.78 is 15.1. The van der Waals surface area contributed by atoms with Gasteiger partial charge >= 0.3 is 0 Å². The number of halogens is 2. The van der Waals surface area contributed by atoms with E-state index < -0.39 is 0 Å². The van der Waals surface area contributed by atoms with Crippen molar-refractivity contribution in [1.29, 1.82) is 0 Å². The van der Waals surface area contributed by atoms with Crippen LogP contribution in [0.2, 0.25) is 0 Å². The van der Waals surface area contributed by atoms with Crippen LogP contribution in [0.3, 0.4) is 0 Å². The first-order valence-corrected chi connectivity index (χ1v) is 5.35. The molecule has 1 heterocycles. The van der Waals surface area contributed by atoms with Crippen molar-refractivity contribution in [2.24, 2.45) is 0 Å². The average Bonchev–Trinajstić information content (AvgIpc) is 2.50. The minimum atomic E-state index is -0.346. The molecule has 2 rings (SSSR count). The first kappa shape index (κ1) is 10.9. The van der Waals surface area contributed by atoms with Crippen LogP contribution in [0, 0.1) is 12.7 Å². The van der Waals surface area contributed by atoms with E-state index in [1.54, 1.807) is 13.0 Å². The summed E-state index contributed by atoms with van der Waals surface area (Å²) in [5.74, 6) is 6.18. The molecule has 1 aromatic carbocycles. The van der Waals surface area contributed by atoms with Crippen LogP contribution in [0.15, 0.2) is 22.7 Å². The zero-order valence-electron chi connectivity index (χ0n) is 8.54. The molecule has 0 radical (unpaired) electrons. The predicted octanol–water partition coefficient (Wildman–Crippen LogP) is 2.06. The van der Waals surface area contributed by atoms with Crippen molar-refractivity contribution in [2.45, 2.75) is 6.92 Å². The van der Waals surface area contributed by atoms with Gasteiger partial charge in [-0.3, -0.25) is 0 Å². The normalized spacial score (nSPS) is 10.7. The molecule has 0 bridgehead atoms. The number of benzene rings is 1. The lowest BCUT2D eigenvalue weighted by Gasteiger charge is -2.03. The Bertz CT molecular complexity index is 550. The van der Waals surface area contributed by atoms with Crippen molar-refractivity contribution in [3.05, 3.63) is 34.3 Å². The summed E-state index contributed by atoms with van der Waals surface area (Å²) in [5.41, 5.74) is 6.85. The van der Waals surface area contributed by atoms with Crippen LogP contribution in [0.1, 0.15) is 5.82 Å². The fourth-order valence-corrected chi connectivity index (χ4v) is 1.87. The number of aromatic nitrogens is 2. The van der Waals surface area contributed by atoms with Gasteiger partial charge in [-0.25, -0.2) is 14.1 Å². The Morgan fingerprint density at radius 2 is 2.12 bits per heavy atom. The third-order valence-corrected chi connectivity index (χ3v) is 3.00. The molecule has 84 valence electrons. The van der Waals surface area contributed by atoms with Crippen LogP contribution in [0.5, 0.6) is 0 Å². The molecule has 0 saturated heterocycles. The first-order valence-electron chi connectivity index (χ1n) is 4.56. The van der Waals surface area contributed by atoms with Gasteiger partial charge in [0.25, 0.3) is 0 Å². The van der Waals surface area contributed by atoms with E-state index in [0.717, 1.165) is 4.47 Å². The van der Waals surface area contributed by atoms with Gasteiger partial charge in [-0.2, -0.15) is 0 Å². The number of nitrogen functional groups attached to an aromatic ring is 2. The van der Waals surface area contributed by atoms with Crippen molar-refractivity contribution in [3.63, 3.8) is 0 Å². The highest BCUT2D eigenvalue weighted by atomic mass is 79.9. The van der Waals surface area contributed by atoms with Crippen molar-refractivity contribution < 1.29 is 4.39 Å². The monoisotopic (exact) mass is 284 g/mol. The third kappa shape index (κ3) is 1.65. The Kier molecular flexibility index (Phi) is 2.59. The van der Waals surface area contributed by atoms with Crippen molar-refractivity contribution in [1.82, 2.24) is 9.66 Å². The number of hydrogen-bond acceptors (Lipinski definition) is 3. The molecule has 0 fully saturated rings. The molecular weight excluding hydrogens is 275 g/mol. The highest BCUT2D eigenvalue weighted by molar-refractivity contribution is 9.10. The van der Waals surface area contributed by atoms with E-state index in [4.69, 9.17) is 11.6 Å². The first-order chi connectivity index (χ1) is 7.50. The van der Waals surface area contributed by atoms with Gasteiger partial charge < -0.3 is 11.6 Å². The number of rotatable bonds is 1. The predicted molar refractivity (Wildman–Crippen MR) is 64.6 cm³/mol. The van der Waals surface area contributed by atoms with E-state index in [-0.39, 0.29) is 5.82 Å². The lowest BCUT2D eigenvalue weighted by Crippen LogP contribution is -2.13. The van der Waals surface area contributed by atoms with E-state index in [1.165, 1.54) is 16.8 Å². The molecule has 0 saturated carbocycles. The lowest BCUT2D eigenvalue weighted by molar-refractivity contribution is 0.628. The van der Waals surface area contributed by atoms with Gasteiger partial charge in [0.1, 0.15) is 17.3 Å². The van der Waals surface area contributed by atoms with Gasteiger partial charge in [0, 0.05) is 10.0 Å². The fraction of sp³-hybridized carbons (Fsp3) is 0.100. The topological polar surface area (TPSA) is 69.9 Å². The molecule has 2 aromatic rings. The SMILES string of the molecule is Cc1nc(-c2cc(F)ccc2Br)c(N)n1N. The summed E-state index contributed by atoms with van der Waals surface area (Å²) in [4.78, 5) is 4.20. The summed E-state index contributed by atoms with van der Waals surface area (Å²) in [7, 11) is 0. The molecule has 0 atom stereocenters. The average molecular weight is 285 g/mol. The maximum absolute atomic E-state index is 13.1. The fourth-order valence-electron chi connectivity index (χ4n) is 1.44. The van der Waals surface area contributed by atoms with E-state index >= 15 is 0 Å². The quantitative estimate of drug-likeness (QED) is 0.788. The van der Waals surface area contributed by atoms with E-state index in [9.17, 15) is 4.39 Å². The molecule has 4 nitrogen and oxygen atoms in total. The van der Waals surface area contributed by atoms with Crippen LogP contribution in [0.25, 0.3) is 11.3 Å². The Balaban J connectivity index is 2.67. The molecule has 4 N–H and O–H groups in total. The maximum Gasteiger partial charge on any atom is 0.150 e. The minimum Gasteiger partial charge on any atom is -0.382 e. The number of nitrogens with zero attached hydrogens (tertiary/aromatic N) is 2. The van der Waals surface area contributed by atoms with E-state index in [0.29, 0.717) is 22.9 Å². The van der Waals surface area contributed by atoms with Gasteiger partial charge in [-0.1, -0.05) is 15.9 Å². The van der Waals surface area contributed by atoms with Crippen molar-refractivity contribution in [3.8, 4) is 11.3 Å². The van der Waals surface area contributed by atoms with Crippen molar-refractivity contribution >= 4 is 21.7 Å². The number of aryl methyl sites for hydroxylation is 1. The molecule has 6 heteroatoms. The van der Waals surface area contributed by atoms with Crippen LogP contribution in [0.4, 0.5) is 10.2 Å². The smallest absolute Gasteiger partial charge is 0.150 e. The molecule has 1 aromatic heterocycles. The molecule has 0 amide bonds. The van der Waals surface area contributed by atoms with Crippen LogP contribution >= 0.6 is 15.9 Å². The van der Waals surface area contributed by atoms with Crippen LogP contribution in [-0.2, 0) is 0 Å². The Labute approximate surface area is 100 Å². The largest absolute Gasteiger partial charge is 0.382 e. The number of hydrogen-bond donors (Lipinski definition) is 2. The molecule has 0 aliphatic carbocycles. The maximum atomic E-state index is 13.1. The van der Waals surface area contributed by atoms with Crippen LogP contribution in [-0.4, -0.2) is 9.66 Å². The van der Waals surface area contributed by atoms with Crippen molar-refractivity contribution in [2.75, 3.05) is 11.6 Å². The Morgan fingerprint density at radius 1 is 1.44 bits per heavy atom. The zero-order valence-corrected chi connectivity index (χ0v) is 10.1. The summed E-state index contributed by atoms with van der Waals surface area (Å²) in [6.07, 6.45) is 0. The summed E-state index contributed by atoms with van der Waals surface area (Å²) in [6, 6.07) is 4.33. The summed E-state index contributed by atoms with van der Waals surface area (Å²) >= 11 is 3.32. The molecule has 0 aliphatic heterocycles. The van der Waals surface area contributed by atoms with Gasteiger partial charge in [0.2, 0.25) is 0 Å². The Hall–Kier alpha value is -1.56. The van der Waals surface area contributed by atoms with Crippen LogP contribution < -0.4 is 11.6 Å². The number of anilines is 1. The lowest BCUT2D eigenvalue weighted by atomic mass is 10.1. The molecule has 0 aliphatic rings.